The van der Waals surface area contributed by atoms with Gasteiger partial charge in [0, 0.05) is 11.1 Å². The molecule has 4 rings (SSSR count). The van der Waals surface area contributed by atoms with E-state index in [1.165, 1.54) is 0 Å². The lowest BCUT2D eigenvalue weighted by Crippen LogP contribution is -2.30. The Morgan fingerprint density at radius 3 is 1.48 bits per heavy atom. The van der Waals surface area contributed by atoms with Crippen LogP contribution in [0, 0.1) is 13.1 Å². The Balaban J connectivity index is 1.96. The predicted molar refractivity (Wildman–Crippen MR) is 70.7 cm³/mol. The highest BCUT2D eigenvalue weighted by atomic mass is 16.8. The summed E-state index contributed by atoms with van der Waals surface area (Å²) in [4.78, 5) is 6.86. The van der Waals surface area contributed by atoms with Crippen molar-refractivity contribution in [3.8, 4) is 0 Å². The van der Waals surface area contributed by atoms with E-state index in [2.05, 4.69) is 9.69 Å². The molecule has 0 amide bonds. The second-order valence-corrected chi connectivity index (χ2v) is 5.19. The highest BCUT2D eigenvalue weighted by Crippen LogP contribution is 2.57. The minimum atomic E-state index is -0.917. The van der Waals surface area contributed by atoms with Gasteiger partial charge in [0.15, 0.2) is 22.9 Å². The van der Waals surface area contributed by atoms with Gasteiger partial charge >= 0.3 is 0 Å². The smallest absolute Gasteiger partial charge is 0.199 e. The zero-order valence-electron chi connectivity index (χ0n) is 11.2. The lowest BCUT2D eigenvalue weighted by Gasteiger charge is -2.26. The van der Waals surface area contributed by atoms with E-state index >= 15 is 0 Å². The van der Waals surface area contributed by atoms with Crippen molar-refractivity contribution in [1.29, 1.82) is 0 Å². The average Bonchev–Trinajstić information content (AvgIpc) is 3.22. The maximum Gasteiger partial charge on any atom is 0.199 e. The molecule has 0 saturated carbocycles. The van der Waals surface area contributed by atoms with Crippen LogP contribution < -0.4 is 0 Å². The van der Waals surface area contributed by atoms with Crippen LogP contribution in [-0.4, -0.2) is 26.4 Å². The summed E-state index contributed by atoms with van der Waals surface area (Å²) in [5.41, 5.74) is 2.11. The van der Waals surface area contributed by atoms with Gasteiger partial charge in [-0.25, -0.2) is 0 Å². The van der Waals surface area contributed by atoms with Gasteiger partial charge in [-0.15, -0.1) is 0 Å². The molecular formula is C15H12N2O4. The van der Waals surface area contributed by atoms with Crippen LogP contribution >= 0.6 is 0 Å². The lowest BCUT2D eigenvalue weighted by molar-refractivity contribution is -0.239. The van der Waals surface area contributed by atoms with E-state index in [4.69, 9.17) is 32.1 Å². The fourth-order valence-electron chi connectivity index (χ4n) is 3.31. The molecule has 3 aliphatic rings. The third-order valence-corrected chi connectivity index (χ3v) is 4.15. The van der Waals surface area contributed by atoms with E-state index in [0.717, 1.165) is 11.1 Å². The van der Waals surface area contributed by atoms with Crippen molar-refractivity contribution in [1.82, 2.24) is 0 Å². The Hall–Kier alpha value is -1.96. The second-order valence-electron chi connectivity index (χ2n) is 5.19. The van der Waals surface area contributed by atoms with Gasteiger partial charge in [0.1, 0.15) is 0 Å². The molecule has 2 heterocycles. The number of rotatable bonds is 0. The molecule has 1 aromatic carbocycles. The first-order valence-corrected chi connectivity index (χ1v) is 6.73. The van der Waals surface area contributed by atoms with E-state index < -0.39 is 11.6 Å². The van der Waals surface area contributed by atoms with Crippen LogP contribution in [0.15, 0.2) is 12.1 Å². The van der Waals surface area contributed by atoms with Gasteiger partial charge in [-0.05, 0) is 0 Å². The molecule has 0 unspecified atom stereocenters. The lowest BCUT2D eigenvalue weighted by atomic mass is 10.0. The molecular weight excluding hydrogens is 272 g/mol. The van der Waals surface area contributed by atoms with Gasteiger partial charge in [0.25, 0.3) is 0 Å². The number of fused-ring (bicyclic) bond motifs is 3. The van der Waals surface area contributed by atoms with Gasteiger partial charge in [0.2, 0.25) is 0 Å². The monoisotopic (exact) mass is 284 g/mol. The summed E-state index contributed by atoms with van der Waals surface area (Å²) in [5.74, 6) is -1.83. The summed E-state index contributed by atoms with van der Waals surface area (Å²) in [6, 6.07) is 3.36. The third-order valence-electron chi connectivity index (χ3n) is 4.15. The van der Waals surface area contributed by atoms with Crippen molar-refractivity contribution in [2.75, 3.05) is 26.4 Å². The first-order chi connectivity index (χ1) is 10.2. The average molecular weight is 284 g/mol. The van der Waals surface area contributed by atoms with Crippen molar-refractivity contribution in [2.24, 2.45) is 0 Å². The van der Waals surface area contributed by atoms with Crippen LogP contribution in [0.5, 0.6) is 0 Å². The summed E-state index contributed by atoms with van der Waals surface area (Å²) in [6.45, 7) is 16.5. The number of benzene rings is 1. The summed E-state index contributed by atoms with van der Waals surface area (Å²) < 4.78 is 23.3. The molecule has 6 heteroatoms. The molecule has 21 heavy (non-hydrogen) atoms. The summed E-state index contributed by atoms with van der Waals surface area (Å²) in [6.07, 6.45) is 0.397. The molecule has 0 radical (unpaired) electrons. The molecule has 106 valence electrons. The van der Waals surface area contributed by atoms with Crippen LogP contribution in [0.1, 0.15) is 17.5 Å². The maximum atomic E-state index is 7.25. The molecule has 0 bridgehead atoms. The Morgan fingerprint density at radius 2 is 1.14 bits per heavy atom. The molecule has 2 spiro atoms. The fourth-order valence-corrected chi connectivity index (χ4v) is 3.31. The molecule has 6 nitrogen and oxygen atoms in total. The summed E-state index contributed by atoms with van der Waals surface area (Å²) >= 11 is 0. The largest absolute Gasteiger partial charge is 0.343 e. The van der Waals surface area contributed by atoms with Crippen LogP contribution in [-0.2, 0) is 30.5 Å². The first kappa shape index (κ1) is 12.8. The third kappa shape index (κ3) is 1.59. The van der Waals surface area contributed by atoms with Crippen molar-refractivity contribution in [3.05, 3.63) is 46.1 Å². The van der Waals surface area contributed by atoms with Crippen molar-refractivity contribution >= 4 is 11.4 Å². The Bertz CT molecular complexity index is 630. The molecule has 2 saturated heterocycles. The Morgan fingerprint density at radius 1 is 0.762 bits per heavy atom. The van der Waals surface area contributed by atoms with Gasteiger partial charge in [0.05, 0.1) is 46.0 Å². The highest BCUT2D eigenvalue weighted by molar-refractivity contribution is 5.74. The molecule has 0 N–H and O–H groups in total. The molecule has 2 aliphatic heterocycles. The Labute approximate surface area is 121 Å². The normalized spacial score (nSPS) is 24.1. The van der Waals surface area contributed by atoms with Crippen LogP contribution in [0.4, 0.5) is 11.4 Å². The summed E-state index contributed by atoms with van der Waals surface area (Å²) in [7, 11) is 0. The number of ether oxygens (including phenoxy) is 4. The van der Waals surface area contributed by atoms with Gasteiger partial charge < -0.3 is 18.9 Å². The quantitative estimate of drug-likeness (QED) is 0.687. The van der Waals surface area contributed by atoms with Crippen molar-refractivity contribution in [3.63, 3.8) is 0 Å². The molecule has 0 aromatic heterocycles. The molecule has 0 atom stereocenters. The number of hydrogen-bond acceptors (Lipinski definition) is 4. The number of nitrogens with zero attached hydrogens (tertiary/aromatic N) is 2. The van der Waals surface area contributed by atoms with Gasteiger partial charge in [-0.3, -0.25) is 9.69 Å². The molecule has 1 aliphatic carbocycles. The van der Waals surface area contributed by atoms with E-state index in [9.17, 15) is 0 Å². The van der Waals surface area contributed by atoms with Crippen LogP contribution in [0.3, 0.4) is 0 Å². The zero-order chi connectivity index (χ0) is 14.5. The first-order valence-electron chi connectivity index (χ1n) is 6.73. The Kier molecular flexibility index (Phi) is 2.59. The zero-order valence-corrected chi connectivity index (χ0v) is 11.2. The van der Waals surface area contributed by atoms with Gasteiger partial charge in [-0.1, -0.05) is 12.1 Å². The maximum absolute atomic E-state index is 7.25. The fraction of sp³-hybridized carbons (Fsp3) is 0.467. The van der Waals surface area contributed by atoms with E-state index in [1.807, 2.05) is 0 Å². The van der Waals surface area contributed by atoms with E-state index in [-0.39, 0.29) is 0 Å². The minimum Gasteiger partial charge on any atom is -0.343 e. The van der Waals surface area contributed by atoms with Crippen LogP contribution in [0.25, 0.3) is 9.69 Å². The second kappa shape index (κ2) is 4.27. The standard InChI is InChI=1S/C15H12N2O4/c1-16-12-7-10-11(8-13(12)17-2)15(20-5-6-21-15)9-14(10)18-3-4-19-14/h7-8H,3-6,9H2. The molecule has 1 aromatic rings. The number of hydrogen-bond donors (Lipinski definition) is 0. The molecule has 2 fully saturated rings. The van der Waals surface area contributed by atoms with E-state index in [0.29, 0.717) is 44.2 Å². The van der Waals surface area contributed by atoms with Gasteiger partial charge in [-0.2, -0.15) is 0 Å². The van der Waals surface area contributed by atoms with E-state index in [1.54, 1.807) is 12.1 Å². The highest BCUT2D eigenvalue weighted by Gasteiger charge is 2.59. The topological polar surface area (TPSA) is 45.6 Å². The van der Waals surface area contributed by atoms with Crippen LogP contribution in [0.2, 0.25) is 0 Å². The van der Waals surface area contributed by atoms with Crippen molar-refractivity contribution < 1.29 is 18.9 Å². The minimum absolute atomic E-state index is 0.303. The predicted octanol–water partition coefficient (Wildman–Crippen LogP) is 2.59. The SMILES string of the molecule is [C-]#[N+]c1cc2c(cc1[N+]#[C-])C1(CC23OCCO3)OCCO1. The van der Waals surface area contributed by atoms with Crippen molar-refractivity contribution in [2.45, 2.75) is 18.0 Å². The summed E-state index contributed by atoms with van der Waals surface area (Å²) in [5, 5.41) is 0.